The van der Waals surface area contributed by atoms with Gasteiger partial charge < -0.3 is 5.11 Å². The van der Waals surface area contributed by atoms with Crippen molar-refractivity contribution in [1.82, 2.24) is 9.71 Å². The zero-order valence-corrected chi connectivity index (χ0v) is 12.7. The number of rotatable bonds is 6. The lowest BCUT2D eigenvalue weighted by Gasteiger charge is -2.06. The molecule has 0 atom stereocenters. The van der Waals surface area contributed by atoms with Gasteiger partial charge in [0.05, 0.1) is 18.9 Å². The third-order valence-corrected chi connectivity index (χ3v) is 4.94. The van der Waals surface area contributed by atoms with Crippen molar-refractivity contribution in [2.75, 3.05) is 0 Å². The van der Waals surface area contributed by atoms with Crippen molar-refractivity contribution in [2.45, 2.75) is 25.8 Å². The van der Waals surface area contributed by atoms with Crippen LogP contribution in [0.1, 0.15) is 21.8 Å². The van der Waals surface area contributed by atoms with Gasteiger partial charge in [-0.05, 0) is 18.1 Å². The lowest BCUT2D eigenvalue weighted by atomic mass is 10.2. The van der Waals surface area contributed by atoms with Crippen LogP contribution in [0.15, 0.2) is 29.6 Å². The molecule has 0 fully saturated rings. The van der Waals surface area contributed by atoms with E-state index in [1.165, 1.54) is 11.3 Å². The van der Waals surface area contributed by atoms with Gasteiger partial charge in [-0.3, -0.25) is 0 Å². The molecular formula is C13H16N2O3S2. The Bertz CT molecular complexity index is 663. The van der Waals surface area contributed by atoms with Crippen LogP contribution in [0.3, 0.4) is 0 Å². The SMILES string of the molecule is Cc1csc(CNS(=O)(=O)Cc2ccc(CO)cc2)n1. The summed E-state index contributed by atoms with van der Waals surface area (Å²) in [5.74, 6) is -0.0803. The lowest BCUT2D eigenvalue weighted by Crippen LogP contribution is -2.24. The molecule has 0 radical (unpaired) electrons. The van der Waals surface area contributed by atoms with Crippen LogP contribution in [-0.4, -0.2) is 18.5 Å². The predicted molar refractivity (Wildman–Crippen MR) is 78.7 cm³/mol. The highest BCUT2D eigenvalue weighted by atomic mass is 32.2. The van der Waals surface area contributed by atoms with Gasteiger partial charge in [-0.1, -0.05) is 24.3 Å². The minimum atomic E-state index is -3.39. The minimum absolute atomic E-state index is 0.0469. The summed E-state index contributed by atoms with van der Waals surface area (Å²) < 4.78 is 26.4. The van der Waals surface area contributed by atoms with Crippen LogP contribution in [0.5, 0.6) is 0 Å². The van der Waals surface area contributed by atoms with Gasteiger partial charge in [0.1, 0.15) is 5.01 Å². The van der Waals surface area contributed by atoms with Gasteiger partial charge in [0.25, 0.3) is 0 Å². The Morgan fingerprint density at radius 2 is 1.90 bits per heavy atom. The fraction of sp³-hybridized carbons (Fsp3) is 0.308. The van der Waals surface area contributed by atoms with E-state index in [2.05, 4.69) is 9.71 Å². The summed E-state index contributed by atoms with van der Waals surface area (Å²) in [5, 5.41) is 11.6. The van der Waals surface area contributed by atoms with E-state index in [-0.39, 0.29) is 18.9 Å². The van der Waals surface area contributed by atoms with E-state index in [1.54, 1.807) is 24.3 Å². The number of aliphatic hydroxyl groups is 1. The van der Waals surface area contributed by atoms with Gasteiger partial charge >= 0.3 is 0 Å². The molecule has 0 unspecified atom stereocenters. The number of aryl methyl sites for hydroxylation is 1. The van der Waals surface area contributed by atoms with Gasteiger partial charge in [-0.2, -0.15) is 0 Å². The van der Waals surface area contributed by atoms with Crippen molar-refractivity contribution in [2.24, 2.45) is 0 Å². The number of hydrogen-bond donors (Lipinski definition) is 2. The second-order valence-corrected chi connectivity index (χ2v) is 7.19. The molecule has 108 valence electrons. The van der Waals surface area contributed by atoms with Crippen molar-refractivity contribution in [3.8, 4) is 0 Å². The van der Waals surface area contributed by atoms with Gasteiger partial charge in [0.2, 0.25) is 10.0 Å². The zero-order valence-electron chi connectivity index (χ0n) is 11.0. The molecule has 0 bridgehead atoms. The first-order valence-corrected chi connectivity index (χ1v) is 8.59. The molecular weight excluding hydrogens is 296 g/mol. The molecule has 2 aromatic rings. The van der Waals surface area contributed by atoms with Crippen LogP contribution < -0.4 is 4.72 Å². The Kier molecular flexibility index (Phi) is 4.87. The monoisotopic (exact) mass is 312 g/mol. The summed E-state index contributed by atoms with van der Waals surface area (Å²) in [7, 11) is -3.39. The van der Waals surface area contributed by atoms with Crippen molar-refractivity contribution < 1.29 is 13.5 Å². The largest absolute Gasteiger partial charge is 0.392 e. The van der Waals surface area contributed by atoms with Crippen LogP contribution in [-0.2, 0) is 28.9 Å². The average molecular weight is 312 g/mol. The number of benzene rings is 1. The molecule has 0 aliphatic carbocycles. The standard InChI is InChI=1S/C13H16N2O3S2/c1-10-8-19-13(15-10)6-14-20(17,18)9-12-4-2-11(7-16)3-5-12/h2-5,8,14,16H,6-7,9H2,1H3. The number of aromatic nitrogens is 1. The van der Waals surface area contributed by atoms with Crippen molar-refractivity contribution in [1.29, 1.82) is 0 Å². The van der Waals surface area contributed by atoms with E-state index in [0.29, 0.717) is 5.56 Å². The third kappa shape index (κ3) is 4.38. The molecule has 5 nitrogen and oxygen atoms in total. The normalized spacial score (nSPS) is 11.7. The third-order valence-electron chi connectivity index (χ3n) is 2.67. The molecule has 0 amide bonds. The lowest BCUT2D eigenvalue weighted by molar-refractivity contribution is 0.282. The van der Waals surface area contributed by atoms with E-state index in [1.807, 2.05) is 12.3 Å². The Morgan fingerprint density at radius 1 is 1.25 bits per heavy atom. The van der Waals surface area contributed by atoms with Crippen molar-refractivity contribution >= 4 is 21.4 Å². The first-order chi connectivity index (χ1) is 9.48. The molecule has 0 spiro atoms. The summed E-state index contributed by atoms with van der Waals surface area (Å²) in [6.45, 7) is 2.04. The van der Waals surface area contributed by atoms with E-state index < -0.39 is 10.0 Å². The quantitative estimate of drug-likeness (QED) is 0.848. The fourth-order valence-electron chi connectivity index (χ4n) is 1.67. The number of nitrogens with one attached hydrogen (secondary N) is 1. The van der Waals surface area contributed by atoms with Crippen LogP contribution in [0.4, 0.5) is 0 Å². The maximum atomic E-state index is 12.0. The maximum absolute atomic E-state index is 12.0. The Labute approximate surface area is 122 Å². The predicted octanol–water partition coefficient (Wildman–Crippen LogP) is 1.56. The summed E-state index contributed by atoms with van der Waals surface area (Å²) in [6.07, 6.45) is 0. The number of nitrogens with zero attached hydrogens (tertiary/aromatic N) is 1. The highest BCUT2D eigenvalue weighted by Crippen LogP contribution is 2.11. The first kappa shape index (κ1) is 15.1. The molecule has 1 aromatic carbocycles. The number of aliphatic hydroxyl groups excluding tert-OH is 1. The molecule has 2 N–H and O–H groups in total. The van der Waals surface area contributed by atoms with E-state index in [9.17, 15) is 8.42 Å². The zero-order chi connectivity index (χ0) is 14.6. The van der Waals surface area contributed by atoms with Crippen LogP contribution in [0, 0.1) is 6.92 Å². The van der Waals surface area contributed by atoms with Gasteiger partial charge in [-0.15, -0.1) is 11.3 Å². The van der Waals surface area contributed by atoms with Gasteiger partial charge in [-0.25, -0.2) is 18.1 Å². The van der Waals surface area contributed by atoms with Gasteiger partial charge in [0.15, 0.2) is 0 Å². The molecule has 20 heavy (non-hydrogen) atoms. The Hall–Kier alpha value is -1.28. The molecule has 0 saturated heterocycles. The van der Waals surface area contributed by atoms with Crippen molar-refractivity contribution in [3.63, 3.8) is 0 Å². The van der Waals surface area contributed by atoms with Crippen LogP contribution in [0.25, 0.3) is 0 Å². The molecule has 7 heteroatoms. The molecule has 1 aromatic heterocycles. The minimum Gasteiger partial charge on any atom is -0.392 e. The second kappa shape index (κ2) is 6.45. The Balaban J connectivity index is 1.96. The molecule has 0 saturated carbocycles. The van der Waals surface area contributed by atoms with E-state index in [0.717, 1.165) is 16.3 Å². The first-order valence-electron chi connectivity index (χ1n) is 6.05. The number of sulfonamides is 1. The van der Waals surface area contributed by atoms with E-state index >= 15 is 0 Å². The summed E-state index contributed by atoms with van der Waals surface area (Å²) >= 11 is 1.44. The summed E-state index contributed by atoms with van der Waals surface area (Å²) in [5.41, 5.74) is 2.34. The van der Waals surface area contributed by atoms with Crippen LogP contribution in [0.2, 0.25) is 0 Å². The fourth-order valence-corrected chi connectivity index (χ4v) is 3.56. The smallest absolute Gasteiger partial charge is 0.216 e. The summed E-state index contributed by atoms with van der Waals surface area (Å²) in [6, 6.07) is 6.85. The molecule has 1 heterocycles. The molecule has 0 aliphatic heterocycles. The maximum Gasteiger partial charge on any atom is 0.216 e. The van der Waals surface area contributed by atoms with Crippen molar-refractivity contribution in [3.05, 3.63) is 51.5 Å². The number of thiazole rings is 1. The average Bonchev–Trinajstić information content (AvgIpc) is 2.83. The number of hydrogen-bond acceptors (Lipinski definition) is 5. The van der Waals surface area contributed by atoms with Crippen LogP contribution >= 0.6 is 11.3 Å². The topological polar surface area (TPSA) is 79.3 Å². The van der Waals surface area contributed by atoms with Gasteiger partial charge in [0, 0.05) is 11.1 Å². The molecule has 0 aliphatic rings. The second-order valence-electron chi connectivity index (χ2n) is 4.44. The van der Waals surface area contributed by atoms with E-state index in [4.69, 9.17) is 5.11 Å². The molecule has 2 rings (SSSR count). The highest BCUT2D eigenvalue weighted by Gasteiger charge is 2.12. The summed E-state index contributed by atoms with van der Waals surface area (Å²) in [4.78, 5) is 4.21. The highest BCUT2D eigenvalue weighted by molar-refractivity contribution is 7.88. The Morgan fingerprint density at radius 3 is 2.45 bits per heavy atom.